The van der Waals surface area contributed by atoms with Gasteiger partial charge in [-0.2, -0.15) is 17.0 Å². The zero-order valence-electron chi connectivity index (χ0n) is 21.3. The zero-order chi connectivity index (χ0) is 27.2. The van der Waals surface area contributed by atoms with Gasteiger partial charge in [0.15, 0.2) is 0 Å². The summed E-state index contributed by atoms with van der Waals surface area (Å²) < 4.78 is 34.4. The van der Waals surface area contributed by atoms with Crippen LogP contribution in [0.15, 0.2) is 24.3 Å². The second-order valence-corrected chi connectivity index (χ2v) is 12.3. The van der Waals surface area contributed by atoms with Crippen LogP contribution in [0.4, 0.5) is 4.79 Å². The van der Waals surface area contributed by atoms with Gasteiger partial charge >= 0.3 is 19.8 Å². The van der Waals surface area contributed by atoms with Crippen LogP contribution >= 0.6 is 31.2 Å². The highest BCUT2D eigenvalue weighted by Gasteiger charge is 2.42. The average Bonchev–Trinajstić information content (AvgIpc) is 3.44. The molecule has 4 atom stereocenters. The lowest BCUT2D eigenvalue weighted by Gasteiger charge is -2.18. The molecule has 10 nitrogen and oxygen atoms in total. The highest BCUT2D eigenvalue weighted by Crippen LogP contribution is 2.51. The molecule has 0 radical (unpaired) electrons. The van der Waals surface area contributed by atoms with Crippen molar-refractivity contribution in [1.29, 1.82) is 5.26 Å². The van der Waals surface area contributed by atoms with Gasteiger partial charge in [0, 0.05) is 17.4 Å². The molecule has 0 spiro atoms. The van der Waals surface area contributed by atoms with E-state index in [-0.39, 0.29) is 54.5 Å². The SMILES string of the molecule is N#CCCOP(=O)(OCCCCCCOC(=O)CCCC[C@@H]1SC[C@@H]2NC(=O)N[C@@H]21)Oc1ccccc1Cl. The third-order valence-electron chi connectivity index (χ3n) is 6.12. The van der Waals surface area contributed by atoms with Crippen molar-refractivity contribution in [1.82, 2.24) is 10.6 Å². The van der Waals surface area contributed by atoms with E-state index >= 15 is 0 Å². The lowest BCUT2D eigenvalue weighted by molar-refractivity contribution is -0.143. The summed E-state index contributed by atoms with van der Waals surface area (Å²) in [7, 11) is -3.93. The number of para-hydroxylation sites is 1. The Morgan fingerprint density at radius 2 is 1.84 bits per heavy atom. The molecule has 1 aromatic carbocycles. The van der Waals surface area contributed by atoms with Crippen LogP contribution in [0.1, 0.15) is 57.8 Å². The monoisotopic (exact) mass is 587 g/mol. The van der Waals surface area contributed by atoms with Gasteiger partial charge in [-0.1, -0.05) is 36.6 Å². The summed E-state index contributed by atoms with van der Waals surface area (Å²) in [6.45, 7) is 0.430. The fourth-order valence-corrected chi connectivity index (χ4v) is 7.20. The number of nitriles is 1. The maximum Gasteiger partial charge on any atom is 0.530 e. The quantitative estimate of drug-likeness (QED) is 0.0972. The zero-order valence-corrected chi connectivity index (χ0v) is 23.7. The number of ether oxygens (including phenoxy) is 1. The third kappa shape index (κ3) is 10.3. The second-order valence-electron chi connectivity index (χ2n) is 9.05. The van der Waals surface area contributed by atoms with Crippen molar-refractivity contribution in [3.63, 3.8) is 0 Å². The number of phosphoric acid groups is 1. The van der Waals surface area contributed by atoms with Gasteiger partial charge in [-0.15, -0.1) is 0 Å². The first-order chi connectivity index (χ1) is 18.4. The third-order valence-corrected chi connectivity index (χ3v) is 9.36. The van der Waals surface area contributed by atoms with E-state index < -0.39 is 7.82 Å². The van der Waals surface area contributed by atoms with Gasteiger partial charge in [0.2, 0.25) is 0 Å². The van der Waals surface area contributed by atoms with E-state index in [0.717, 1.165) is 44.3 Å². The molecule has 38 heavy (non-hydrogen) atoms. The van der Waals surface area contributed by atoms with Gasteiger partial charge in [-0.3, -0.25) is 13.8 Å². The minimum absolute atomic E-state index is 0.0514. The number of nitrogens with zero attached hydrogens (tertiary/aromatic N) is 1. The number of carbonyl (C=O) groups is 2. The number of esters is 1. The predicted molar refractivity (Wildman–Crippen MR) is 145 cm³/mol. The highest BCUT2D eigenvalue weighted by molar-refractivity contribution is 8.00. The van der Waals surface area contributed by atoms with Crippen LogP contribution in [0.5, 0.6) is 5.75 Å². The number of rotatable bonds is 18. The summed E-state index contributed by atoms with van der Waals surface area (Å²) in [5.41, 5.74) is 0. The molecule has 2 heterocycles. The van der Waals surface area contributed by atoms with Crippen LogP contribution in [0, 0.1) is 11.3 Å². The summed E-state index contributed by atoms with van der Waals surface area (Å²) in [6, 6.07) is 8.83. The van der Waals surface area contributed by atoms with Crippen molar-refractivity contribution in [3.8, 4) is 11.8 Å². The lowest BCUT2D eigenvalue weighted by Crippen LogP contribution is -2.36. The van der Waals surface area contributed by atoms with Crippen molar-refractivity contribution in [3.05, 3.63) is 29.3 Å². The van der Waals surface area contributed by atoms with Crippen LogP contribution in [-0.4, -0.2) is 54.9 Å². The van der Waals surface area contributed by atoms with Crippen molar-refractivity contribution in [2.45, 2.75) is 75.1 Å². The van der Waals surface area contributed by atoms with Gasteiger partial charge in [-0.05, 0) is 44.2 Å². The van der Waals surface area contributed by atoms with E-state index in [0.29, 0.717) is 24.7 Å². The first-order valence-electron chi connectivity index (χ1n) is 12.9. The van der Waals surface area contributed by atoms with Crippen molar-refractivity contribution >= 4 is 43.2 Å². The highest BCUT2D eigenvalue weighted by atomic mass is 35.5. The van der Waals surface area contributed by atoms with E-state index in [1.807, 2.05) is 17.8 Å². The van der Waals surface area contributed by atoms with E-state index in [1.54, 1.807) is 24.3 Å². The molecule has 0 aliphatic carbocycles. The average molecular weight is 588 g/mol. The number of phosphoric ester groups is 1. The first-order valence-corrected chi connectivity index (χ1v) is 15.8. The Hall–Kier alpha value is -1.96. The Balaban J connectivity index is 1.21. The smallest absolute Gasteiger partial charge is 0.466 e. The molecule has 1 aromatic rings. The fraction of sp³-hybridized carbons (Fsp3) is 0.640. The predicted octanol–water partition coefficient (Wildman–Crippen LogP) is 5.60. The van der Waals surface area contributed by atoms with Crippen LogP contribution in [0.3, 0.4) is 0 Å². The number of urea groups is 1. The Bertz CT molecular complexity index is 1010. The molecule has 13 heteroatoms. The molecule has 0 bridgehead atoms. The van der Waals surface area contributed by atoms with Gasteiger partial charge in [0.1, 0.15) is 5.75 Å². The van der Waals surface area contributed by atoms with Crippen molar-refractivity contribution in [2.75, 3.05) is 25.6 Å². The molecule has 2 aliphatic rings. The number of amides is 2. The van der Waals surface area contributed by atoms with Gasteiger partial charge < -0.3 is 19.9 Å². The Morgan fingerprint density at radius 1 is 1.08 bits per heavy atom. The topological polar surface area (TPSA) is 136 Å². The number of unbranched alkanes of at least 4 members (excludes halogenated alkanes) is 4. The number of benzene rings is 1. The molecular formula is C25H35ClN3O7PS. The number of fused-ring (bicyclic) bond motifs is 1. The lowest BCUT2D eigenvalue weighted by atomic mass is 10.0. The van der Waals surface area contributed by atoms with E-state index in [4.69, 9.17) is 35.2 Å². The maximum absolute atomic E-state index is 13.0. The summed E-state index contributed by atoms with van der Waals surface area (Å²) >= 11 is 7.95. The van der Waals surface area contributed by atoms with Crippen LogP contribution in [-0.2, 0) is 23.1 Å². The Morgan fingerprint density at radius 3 is 2.63 bits per heavy atom. The largest absolute Gasteiger partial charge is 0.530 e. The van der Waals surface area contributed by atoms with E-state index in [9.17, 15) is 14.2 Å². The van der Waals surface area contributed by atoms with Crippen LogP contribution < -0.4 is 15.2 Å². The first kappa shape index (κ1) is 30.6. The normalized spacial score (nSPS) is 21.6. The molecule has 2 aliphatic heterocycles. The van der Waals surface area contributed by atoms with Crippen molar-refractivity contribution in [2.24, 2.45) is 0 Å². The molecule has 2 fully saturated rings. The van der Waals surface area contributed by atoms with Crippen LogP contribution in [0.25, 0.3) is 0 Å². The van der Waals surface area contributed by atoms with Crippen molar-refractivity contribution < 1.29 is 32.5 Å². The molecule has 2 amide bonds. The number of halogens is 1. The molecule has 1 unspecified atom stereocenters. The van der Waals surface area contributed by atoms with Gasteiger partial charge in [0.25, 0.3) is 0 Å². The molecule has 0 aromatic heterocycles. The molecule has 210 valence electrons. The fourth-order valence-electron chi connectivity index (χ4n) is 4.18. The standard InChI is InChI=1S/C25H35ClN3O7PS/c26-19-10-3-4-11-21(19)36-37(32,35-17-9-14-27)34-16-8-2-1-7-15-33-23(30)13-6-5-12-22-24-20(18-38-22)28-25(31)29-24/h3-4,10-11,20,22,24H,1-2,5-9,12-13,15-18H2,(H2,28,29,31)/t20-,22-,24-,37?/m0/s1. The molecule has 2 N–H and O–H groups in total. The number of carbonyl (C=O) groups excluding carboxylic acids is 2. The minimum atomic E-state index is -3.93. The summed E-state index contributed by atoms with van der Waals surface area (Å²) in [5, 5.41) is 15.3. The maximum atomic E-state index is 13.0. The number of nitrogens with one attached hydrogen (secondary N) is 2. The number of hydrogen-bond acceptors (Lipinski definition) is 9. The number of thioether (sulfide) groups is 1. The Labute approximate surface area is 233 Å². The van der Waals surface area contributed by atoms with E-state index in [1.165, 1.54) is 0 Å². The summed E-state index contributed by atoms with van der Waals surface area (Å²) in [5.74, 6) is 0.934. The van der Waals surface area contributed by atoms with Crippen LogP contribution in [0.2, 0.25) is 5.02 Å². The summed E-state index contributed by atoms with van der Waals surface area (Å²) in [6.07, 6.45) is 6.08. The molecule has 2 saturated heterocycles. The molecule has 3 rings (SSSR count). The number of hydrogen-bond donors (Lipinski definition) is 2. The Kier molecular flexibility index (Phi) is 13.0. The second kappa shape index (κ2) is 16.2. The van der Waals surface area contributed by atoms with Gasteiger partial charge in [0.05, 0.1) is 49.4 Å². The molecular weight excluding hydrogens is 553 g/mol. The van der Waals surface area contributed by atoms with E-state index in [2.05, 4.69) is 10.6 Å². The minimum Gasteiger partial charge on any atom is -0.466 e. The van der Waals surface area contributed by atoms with Gasteiger partial charge in [-0.25, -0.2) is 9.36 Å². The summed E-state index contributed by atoms with van der Waals surface area (Å²) in [4.78, 5) is 23.4. The molecule has 0 saturated carbocycles.